The van der Waals surface area contributed by atoms with Gasteiger partial charge in [-0.1, -0.05) is 6.07 Å². The summed E-state index contributed by atoms with van der Waals surface area (Å²) in [5.41, 5.74) is 7.63. The van der Waals surface area contributed by atoms with Gasteiger partial charge in [0.05, 0.1) is 30.2 Å². The number of nitrogens with one attached hydrogen (secondary N) is 1. The van der Waals surface area contributed by atoms with Crippen molar-refractivity contribution >= 4 is 11.4 Å². The molecule has 3 N–H and O–H groups in total. The largest absolute Gasteiger partial charge is 0.491 e. The van der Waals surface area contributed by atoms with Crippen LogP contribution < -0.4 is 15.8 Å². The van der Waals surface area contributed by atoms with E-state index < -0.39 is 5.82 Å². The van der Waals surface area contributed by atoms with Crippen molar-refractivity contribution in [1.82, 2.24) is 4.98 Å². The van der Waals surface area contributed by atoms with E-state index in [1.54, 1.807) is 19.2 Å². The minimum absolute atomic E-state index is 0.195. The topological polar surface area (TPSA) is 60.2 Å². The summed E-state index contributed by atoms with van der Waals surface area (Å²) >= 11 is 0. The first-order valence-corrected chi connectivity index (χ1v) is 6.06. The van der Waals surface area contributed by atoms with E-state index in [4.69, 9.17) is 10.5 Å². The maximum atomic E-state index is 13.5. The Bertz CT molecular complexity index is 546. The molecule has 0 fully saturated rings. The normalized spacial score (nSPS) is 10.2. The average molecular weight is 261 g/mol. The third-order valence-electron chi connectivity index (χ3n) is 2.59. The highest BCUT2D eigenvalue weighted by Gasteiger charge is 2.08. The number of ether oxygens (including phenoxy) is 1. The van der Waals surface area contributed by atoms with Crippen LogP contribution in [0.1, 0.15) is 12.6 Å². The lowest BCUT2D eigenvalue weighted by molar-refractivity contribution is 0.322. The molecule has 5 heteroatoms. The average Bonchev–Trinajstić information content (AvgIpc) is 2.42. The lowest BCUT2D eigenvalue weighted by Gasteiger charge is -2.12. The van der Waals surface area contributed by atoms with E-state index in [1.807, 2.05) is 18.2 Å². The highest BCUT2D eigenvalue weighted by atomic mass is 19.1. The minimum Gasteiger partial charge on any atom is -0.491 e. The lowest BCUT2D eigenvalue weighted by Crippen LogP contribution is -2.05. The van der Waals surface area contributed by atoms with Crippen molar-refractivity contribution in [3.05, 3.63) is 48.0 Å². The molecular formula is C14H16FN3O. The van der Waals surface area contributed by atoms with Crippen LogP contribution in [-0.4, -0.2) is 11.6 Å². The summed E-state index contributed by atoms with van der Waals surface area (Å²) in [7, 11) is 0. The molecule has 0 aliphatic carbocycles. The summed E-state index contributed by atoms with van der Waals surface area (Å²) < 4.78 is 18.7. The number of hydrogen-bond acceptors (Lipinski definition) is 4. The molecule has 0 radical (unpaired) electrons. The lowest BCUT2D eigenvalue weighted by atomic mass is 10.2. The van der Waals surface area contributed by atoms with Gasteiger partial charge in [0, 0.05) is 18.3 Å². The first-order chi connectivity index (χ1) is 9.20. The monoisotopic (exact) mass is 261 g/mol. The third kappa shape index (κ3) is 3.34. The van der Waals surface area contributed by atoms with Crippen molar-refractivity contribution in [2.24, 2.45) is 0 Å². The summed E-state index contributed by atoms with van der Waals surface area (Å²) in [6.07, 6.45) is 1.72. The second kappa shape index (κ2) is 6.04. The van der Waals surface area contributed by atoms with Gasteiger partial charge in [0.2, 0.25) is 0 Å². The van der Waals surface area contributed by atoms with E-state index in [9.17, 15) is 4.39 Å². The van der Waals surface area contributed by atoms with Gasteiger partial charge in [-0.2, -0.15) is 0 Å². The molecule has 0 spiro atoms. The molecule has 0 unspecified atom stereocenters. The molecule has 19 heavy (non-hydrogen) atoms. The van der Waals surface area contributed by atoms with Crippen LogP contribution in [0, 0.1) is 5.82 Å². The zero-order valence-corrected chi connectivity index (χ0v) is 10.7. The molecular weight excluding hydrogens is 245 g/mol. The van der Waals surface area contributed by atoms with E-state index in [1.165, 1.54) is 6.07 Å². The van der Waals surface area contributed by atoms with Crippen molar-refractivity contribution in [3.63, 3.8) is 0 Å². The quantitative estimate of drug-likeness (QED) is 0.812. The zero-order valence-electron chi connectivity index (χ0n) is 10.7. The predicted molar refractivity (Wildman–Crippen MR) is 73.5 cm³/mol. The maximum absolute atomic E-state index is 13.5. The molecule has 2 aromatic rings. The first-order valence-electron chi connectivity index (χ1n) is 6.06. The predicted octanol–water partition coefficient (Wildman–Crippen LogP) is 2.81. The highest BCUT2D eigenvalue weighted by Crippen LogP contribution is 2.28. The molecule has 1 heterocycles. The summed E-state index contributed by atoms with van der Waals surface area (Å²) in [6, 6.07) is 8.48. The van der Waals surface area contributed by atoms with E-state index in [0.717, 1.165) is 5.69 Å². The van der Waals surface area contributed by atoms with E-state index in [-0.39, 0.29) is 5.75 Å². The summed E-state index contributed by atoms with van der Waals surface area (Å²) in [4.78, 5) is 4.19. The number of benzene rings is 1. The molecule has 2 rings (SSSR count). The Kier molecular flexibility index (Phi) is 4.18. The summed E-state index contributed by atoms with van der Waals surface area (Å²) in [5.74, 6) is -0.261. The number of hydrogen-bond donors (Lipinski definition) is 2. The second-order valence-corrected chi connectivity index (χ2v) is 3.98. The van der Waals surface area contributed by atoms with Crippen LogP contribution in [0.2, 0.25) is 0 Å². The highest BCUT2D eigenvalue weighted by molar-refractivity contribution is 5.68. The summed E-state index contributed by atoms with van der Waals surface area (Å²) in [5, 5.41) is 3.12. The van der Waals surface area contributed by atoms with Crippen LogP contribution in [0.3, 0.4) is 0 Å². The molecule has 1 aromatic heterocycles. The van der Waals surface area contributed by atoms with Crippen LogP contribution in [0.4, 0.5) is 15.8 Å². The van der Waals surface area contributed by atoms with Crippen molar-refractivity contribution < 1.29 is 9.13 Å². The number of rotatable bonds is 5. The SMILES string of the molecule is CCOc1cc(NCc2ccccn2)c(N)cc1F. The molecule has 0 amide bonds. The number of halogens is 1. The Hall–Kier alpha value is -2.30. The van der Waals surface area contributed by atoms with Gasteiger partial charge in [0.15, 0.2) is 11.6 Å². The fourth-order valence-electron chi connectivity index (χ4n) is 1.68. The smallest absolute Gasteiger partial charge is 0.167 e. The van der Waals surface area contributed by atoms with Crippen LogP contribution >= 0.6 is 0 Å². The van der Waals surface area contributed by atoms with Crippen molar-refractivity contribution in [3.8, 4) is 5.75 Å². The molecule has 4 nitrogen and oxygen atoms in total. The van der Waals surface area contributed by atoms with Gasteiger partial charge in [0.25, 0.3) is 0 Å². The number of pyridine rings is 1. The molecule has 0 aliphatic heterocycles. The molecule has 0 atom stereocenters. The summed E-state index contributed by atoms with van der Waals surface area (Å²) in [6.45, 7) is 2.72. The fourth-order valence-corrected chi connectivity index (χ4v) is 1.68. The van der Waals surface area contributed by atoms with Gasteiger partial charge < -0.3 is 15.8 Å². The van der Waals surface area contributed by atoms with Gasteiger partial charge in [-0.3, -0.25) is 4.98 Å². The van der Waals surface area contributed by atoms with Crippen LogP contribution in [0.15, 0.2) is 36.5 Å². The van der Waals surface area contributed by atoms with Crippen molar-refractivity contribution in [2.45, 2.75) is 13.5 Å². The van der Waals surface area contributed by atoms with Gasteiger partial charge in [-0.05, 0) is 19.1 Å². The molecule has 0 aliphatic rings. The maximum Gasteiger partial charge on any atom is 0.167 e. The van der Waals surface area contributed by atoms with Crippen LogP contribution in [0.5, 0.6) is 5.75 Å². The molecule has 100 valence electrons. The van der Waals surface area contributed by atoms with Gasteiger partial charge in [0.1, 0.15) is 0 Å². The van der Waals surface area contributed by atoms with Gasteiger partial charge in [-0.15, -0.1) is 0 Å². The number of nitrogens with zero attached hydrogens (tertiary/aromatic N) is 1. The molecule has 0 saturated heterocycles. The minimum atomic E-state index is -0.456. The second-order valence-electron chi connectivity index (χ2n) is 3.98. The van der Waals surface area contributed by atoms with Gasteiger partial charge in [-0.25, -0.2) is 4.39 Å². The Morgan fingerprint density at radius 1 is 1.37 bits per heavy atom. The van der Waals surface area contributed by atoms with E-state index in [2.05, 4.69) is 10.3 Å². The van der Waals surface area contributed by atoms with Crippen molar-refractivity contribution in [1.29, 1.82) is 0 Å². The molecule has 0 bridgehead atoms. The van der Waals surface area contributed by atoms with E-state index in [0.29, 0.717) is 24.5 Å². The van der Waals surface area contributed by atoms with Crippen LogP contribution in [0.25, 0.3) is 0 Å². The third-order valence-corrected chi connectivity index (χ3v) is 2.59. The Morgan fingerprint density at radius 2 is 2.21 bits per heavy atom. The first kappa shape index (κ1) is 13.1. The van der Waals surface area contributed by atoms with Crippen LogP contribution in [-0.2, 0) is 6.54 Å². The number of nitrogens with two attached hydrogens (primary N) is 1. The Balaban J connectivity index is 2.13. The number of aromatic nitrogens is 1. The number of nitrogen functional groups attached to an aromatic ring is 1. The Morgan fingerprint density at radius 3 is 2.89 bits per heavy atom. The van der Waals surface area contributed by atoms with Gasteiger partial charge >= 0.3 is 0 Å². The molecule has 0 saturated carbocycles. The fraction of sp³-hybridized carbons (Fsp3) is 0.214. The standard InChI is InChI=1S/C14H16FN3O/c1-2-19-14-8-13(12(16)7-11(14)15)18-9-10-5-3-4-6-17-10/h3-8,18H,2,9,16H2,1H3. The Labute approximate surface area is 111 Å². The zero-order chi connectivity index (χ0) is 13.7. The molecule has 1 aromatic carbocycles. The van der Waals surface area contributed by atoms with E-state index >= 15 is 0 Å². The number of anilines is 2. The van der Waals surface area contributed by atoms with Crippen molar-refractivity contribution in [2.75, 3.05) is 17.7 Å².